The van der Waals surface area contributed by atoms with E-state index in [-0.39, 0.29) is 22.7 Å². The number of rotatable bonds is 9. The minimum absolute atomic E-state index is 0.0795. The first kappa shape index (κ1) is 17.2. The lowest BCUT2D eigenvalue weighted by atomic mass is 10.1. The molecule has 118 valence electrons. The average Bonchev–Trinajstić information content (AvgIpc) is 2.44. The SMILES string of the molecule is CCCCOc1cc([N+](=O)[O-])c(C)c(OCCCC)c1F. The summed E-state index contributed by atoms with van der Waals surface area (Å²) in [5, 5.41) is 11.1. The minimum atomic E-state index is -0.662. The Balaban J connectivity index is 3.09. The third-order valence-electron chi connectivity index (χ3n) is 3.10. The van der Waals surface area contributed by atoms with Crippen molar-refractivity contribution in [3.63, 3.8) is 0 Å². The molecule has 0 saturated carbocycles. The van der Waals surface area contributed by atoms with Gasteiger partial charge in [-0.05, 0) is 19.8 Å². The van der Waals surface area contributed by atoms with E-state index in [1.165, 1.54) is 6.92 Å². The van der Waals surface area contributed by atoms with Gasteiger partial charge in [0.2, 0.25) is 5.82 Å². The van der Waals surface area contributed by atoms with Crippen molar-refractivity contribution in [2.45, 2.75) is 46.5 Å². The largest absolute Gasteiger partial charge is 0.490 e. The lowest BCUT2D eigenvalue weighted by Gasteiger charge is -2.14. The summed E-state index contributed by atoms with van der Waals surface area (Å²) in [7, 11) is 0. The number of ether oxygens (including phenoxy) is 2. The zero-order chi connectivity index (χ0) is 15.8. The molecule has 0 N–H and O–H groups in total. The summed E-state index contributed by atoms with van der Waals surface area (Å²) in [5.74, 6) is -0.860. The van der Waals surface area contributed by atoms with Gasteiger partial charge in [0, 0.05) is 0 Å². The molecule has 6 heteroatoms. The van der Waals surface area contributed by atoms with Crippen molar-refractivity contribution < 1.29 is 18.8 Å². The quantitative estimate of drug-likeness (QED) is 0.385. The van der Waals surface area contributed by atoms with Crippen LogP contribution in [0.2, 0.25) is 0 Å². The molecule has 1 aromatic carbocycles. The molecule has 1 rings (SSSR count). The van der Waals surface area contributed by atoms with Gasteiger partial charge in [-0.2, -0.15) is 4.39 Å². The van der Waals surface area contributed by atoms with Crippen LogP contribution in [0.25, 0.3) is 0 Å². The molecule has 0 atom stereocenters. The summed E-state index contributed by atoms with van der Waals surface area (Å²) in [4.78, 5) is 10.5. The van der Waals surface area contributed by atoms with Gasteiger partial charge in [-0.15, -0.1) is 0 Å². The van der Waals surface area contributed by atoms with Crippen LogP contribution >= 0.6 is 0 Å². The maximum absolute atomic E-state index is 14.4. The molecule has 0 spiro atoms. The highest BCUT2D eigenvalue weighted by Gasteiger charge is 2.24. The number of nitro groups is 1. The molecule has 1 aromatic rings. The molecule has 0 aromatic heterocycles. The summed E-state index contributed by atoms with van der Waals surface area (Å²) in [5.41, 5.74) is 0.00541. The third kappa shape index (κ3) is 4.58. The summed E-state index contributed by atoms with van der Waals surface area (Å²) in [6, 6.07) is 1.13. The van der Waals surface area contributed by atoms with Crippen molar-refractivity contribution in [2.75, 3.05) is 13.2 Å². The van der Waals surface area contributed by atoms with E-state index in [0.717, 1.165) is 31.7 Å². The molecule has 21 heavy (non-hydrogen) atoms. The fourth-order valence-corrected chi connectivity index (χ4v) is 1.80. The van der Waals surface area contributed by atoms with Gasteiger partial charge in [0.15, 0.2) is 11.5 Å². The van der Waals surface area contributed by atoms with Crippen molar-refractivity contribution in [1.82, 2.24) is 0 Å². The molecule has 0 aliphatic heterocycles. The third-order valence-corrected chi connectivity index (χ3v) is 3.10. The fourth-order valence-electron chi connectivity index (χ4n) is 1.80. The molecule has 0 radical (unpaired) electrons. The van der Waals surface area contributed by atoms with Gasteiger partial charge in [0.05, 0.1) is 29.8 Å². The number of unbranched alkanes of at least 4 members (excludes halogenated alkanes) is 2. The Kier molecular flexibility index (Phi) is 6.91. The highest BCUT2D eigenvalue weighted by Crippen LogP contribution is 2.37. The molecular formula is C15H22FNO4. The maximum Gasteiger partial charge on any atom is 0.279 e. The smallest absolute Gasteiger partial charge is 0.279 e. The van der Waals surface area contributed by atoms with Gasteiger partial charge in [-0.3, -0.25) is 10.1 Å². The Labute approximate surface area is 124 Å². The second kappa shape index (κ2) is 8.44. The highest BCUT2D eigenvalue weighted by molar-refractivity contribution is 5.55. The maximum atomic E-state index is 14.4. The number of hydrogen-bond acceptors (Lipinski definition) is 4. The topological polar surface area (TPSA) is 61.6 Å². The molecule has 0 aliphatic carbocycles. The lowest BCUT2D eigenvalue weighted by Crippen LogP contribution is -2.06. The van der Waals surface area contributed by atoms with Crippen LogP contribution in [0.4, 0.5) is 10.1 Å². The van der Waals surface area contributed by atoms with E-state index in [9.17, 15) is 14.5 Å². The first-order valence-corrected chi connectivity index (χ1v) is 7.25. The Morgan fingerprint density at radius 2 is 1.76 bits per heavy atom. The monoisotopic (exact) mass is 299 g/mol. The van der Waals surface area contributed by atoms with E-state index < -0.39 is 10.7 Å². The van der Waals surface area contributed by atoms with Crippen molar-refractivity contribution in [2.24, 2.45) is 0 Å². The second-order valence-corrected chi connectivity index (χ2v) is 4.82. The van der Waals surface area contributed by atoms with Crippen LogP contribution in [0.1, 0.15) is 45.1 Å². The minimum Gasteiger partial charge on any atom is -0.490 e. The molecular weight excluding hydrogens is 277 g/mol. The summed E-state index contributed by atoms with van der Waals surface area (Å²) >= 11 is 0. The second-order valence-electron chi connectivity index (χ2n) is 4.82. The Hall–Kier alpha value is -1.85. The van der Waals surface area contributed by atoms with Gasteiger partial charge in [-0.1, -0.05) is 26.7 Å². The highest BCUT2D eigenvalue weighted by atomic mass is 19.1. The molecule has 0 fully saturated rings. The zero-order valence-electron chi connectivity index (χ0n) is 12.8. The van der Waals surface area contributed by atoms with Crippen molar-refractivity contribution in [3.05, 3.63) is 27.6 Å². The van der Waals surface area contributed by atoms with E-state index >= 15 is 0 Å². The number of benzene rings is 1. The van der Waals surface area contributed by atoms with Crippen LogP contribution in [0.15, 0.2) is 6.07 Å². The van der Waals surface area contributed by atoms with Gasteiger partial charge >= 0.3 is 0 Å². The molecule has 0 bridgehead atoms. The Morgan fingerprint density at radius 3 is 2.29 bits per heavy atom. The van der Waals surface area contributed by atoms with Gasteiger partial charge in [0.25, 0.3) is 5.69 Å². The van der Waals surface area contributed by atoms with Crippen LogP contribution in [0.5, 0.6) is 11.5 Å². The van der Waals surface area contributed by atoms with Crippen LogP contribution in [-0.2, 0) is 0 Å². The van der Waals surface area contributed by atoms with E-state index in [0.29, 0.717) is 13.2 Å². The van der Waals surface area contributed by atoms with Crippen molar-refractivity contribution in [3.8, 4) is 11.5 Å². The summed E-state index contributed by atoms with van der Waals surface area (Å²) < 4.78 is 25.1. The first-order chi connectivity index (χ1) is 10.0. The van der Waals surface area contributed by atoms with Crippen LogP contribution < -0.4 is 9.47 Å². The molecule has 0 aliphatic rings. The standard InChI is InChI=1S/C15H22FNO4/c1-4-6-8-20-13-10-12(17(18)19)11(3)15(14(13)16)21-9-7-5-2/h10H,4-9H2,1-3H3. The van der Waals surface area contributed by atoms with Gasteiger partial charge in [0.1, 0.15) is 0 Å². The first-order valence-electron chi connectivity index (χ1n) is 7.25. The average molecular weight is 299 g/mol. The van der Waals surface area contributed by atoms with Crippen LogP contribution in [0, 0.1) is 22.9 Å². The predicted octanol–water partition coefficient (Wildman–Crippen LogP) is 4.40. The van der Waals surface area contributed by atoms with Gasteiger partial charge < -0.3 is 9.47 Å². The zero-order valence-corrected chi connectivity index (χ0v) is 12.8. The number of hydrogen-bond donors (Lipinski definition) is 0. The summed E-state index contributed by atoms with van der Waals surface area (Å²) in [6.07, 6.45) is 3.31. The molecule has 0 amide bonds. The summed E-state index contributed by atoms with van der Waals surface area (Å²) in [6.45, 7) is 6.10. The normalized spacial score (nSPS) is 10.5. The fraction of sp³-hybridized carbons (Fsp3) is 0.600. The van der Waals surface area contributed by atoms with E-state index in [2.05, 4.69) is 0 Å². The van der Waals surface area contributed by atoms with E-state index in [1.807, 2.05) is 13.8 Å². The van der Waals surface area contributed by atoms with Crippen molar-refractivity contribution >= 4 is 5.69 Å². The molecule has 0 heterocycles. The van der Waals surface area contributed by atoms with Gasteiger partial charge in [-0.25, -0.2) is 0 Å². The number of halogens is 1. The molecule has 0 saturated heterocycles. The van der Waals surface area contributed by atoms with Crippen molar-refractivity contribution in [1.29, 1.82) is 0 Å². The lowest BCUT2D eigenvalue weighted by molar-refractivity contribution is -0.385. The Bertz CT molecular complexity index is 491. The number of nitro benzene ring substituents is 1. The van der Waals surface area contributed by atoms with E-state index in [4.69, 9.17) is 9.47 Å². The number of nitrogens with zero attached hydrogens (tertiary/aromatic N) is 1. The van der Waals surface area contributed by atoms with E-state index in [1.54, 1.807) is 0 Å². The molecule has 0 unspecified atom stereocenters. The van der Waals surface area contributed by atoms with Crippen LogP contribution in [0.3, 0.4) is 0 Å². The molecule has 5 nitrogen and oxygen atoms in total. The van der Waals surface area contributed by atoms with Crippen LogP contribution in [-0.4, -0.2) is 18.1 Å². The Morgan fingerprint density at radius 1 is 1.19 bits per heavy atom. The predicted molar refractivity (Wildman–Crippen MR) is 78.6 cm³/mol.